The Balaban J connectivity index is 2.45. The van der Waals surface area contributed by atoms with Crippen LogP contribution in [0.15, 0.2) is 37.9 Å². The van der Waals surface area contributed by atoms with E-state index in [1.165, 1.54) is 0 Å². The number of benzene rings is 1. The number of thiophene rings is 1. The monoisotopic (exact) mass is 380 g/mol. The maximum Gasteiger partial charge on any atom is 0.107 e. The second-order valence-electron chi connectivity index (χ2n) is 3.24. The van der Waals surface area contributed by atoms with Gasteiger partial charge >= 0.3 is 0 Å². The van der Waals surface area contributed by atoms with Crippen molar-refractivity contribution in [2.24, 2.45) is 0 Å². The number of hydrogen-bond acceptors (Lipinski definition) is 2. The molecule has 0 amide bonds. The lowest BCUT2D eigenvalue weighted by Crippen LogP contribution is -1.99. The van der Waals surface area contributed by atoms with E-state index in [0.29, 0.717) is 5.02 Å². The van der Waals surface area contributed by atoms with Crippen LogP contribution < -0.4 is 0 Å². The summed E-state index contributed by atoms with van der Waals surface area (Å²) in [4.78, 5) is 0. The van der Waals surface area contributed by atoms with Gasteiger partial charge in [0.25, 0.3) is 0 Å². The van der Waals surface area contributed by atoms with Crippen LogP contribution in [0, 0.1) is 0 Å². The third-order valence-electron chi connectivity index (χ3n) is 2.19. The predicted octanol–water partition coefficient (Wildman–Crippen LogP) is 5.01. The minimum Gasteiger partial charge on any atom is -0.384 e. The number of aliphatic hydroxyl groups is 1. The Morgan fingerprint density at radius 1 is 1.12 bits per heavy atom. The first-order chi connectivity index (χ1) is 7.59. The van der Waals surface area contributed by atoms with Crippen LogP contribution in [0.5, 0.6) is 0 Å². The van der Waals surface area contributed by atoms with Crippen LogP contribution in [-0.2, 0) is 0 Å². The minimum atomic E-state index is -0.673. The zero-order valence-corrected chi connectivity index (χ0v) is 12.7. The van der Waals surface area contributed by atoms with E-state index in [1.807, 2.05) is 16.8 Å². The molecule has 0 saturated heterocycles. The molecule has 2 aromatic rings. The normalized spacial score (nSPS) is 12.8. The average molecular weight is 383 g/mol. The van der Waals surface area contributed by atoms with Gasteiger partial charge in [0.15, 0.2) is 0 Å². The highest BCUT2D eigenvalue weighted by atomic mass is 79.9. The third kappa shape index (κ3) is 2.51. The van der Waals surface area contributed by atoms with Gasteiger partial charge in [-0.2, -0.15) is 11.3 Å². The van der Waals surface area contributed by atoms with Crippen LogP contribution in [0.25, 0.3) is 0 Å². The molecule has 1 N–H and O–H groups in total. The Labute approximate surface area is 119 Å². The Bertz CT molecular complexity index is 512. The largest absolute Gasteiger partial charge is 0.384 e. The first-order valence-electron chi connectivity index (χ1n) is 4.44. The van der Waals surface area contributed by atoms with Crippen molar-refractivity contribution < 1.29 is 5.11 Å². The fraction of sp³-hybridized carbons (Fsp3) is 0.0909. The van der Waals surface area contributed by atoms with Gasteiger partial charge in [0, 0.05) is 30.5 Å². The zero-order chi connectivity index (χ0) is 11.7. The molecule has 1 nitrogen and oxygen atoms in total. The van der Waals surface area contributed by atoms with Gasteiger partial charge in [-0.3, -0.25) is 0 Å². The van der Waals surface area contributed by atoms with Gasteiger partial charge in [-0.05, 0) is 39.5 Å². The molecule has 1 aromatic heterocycles. The molecule has 0 spiro atoms. The number of aliphatic hydroxyl groups excluding tert-OH is 1. The summed E-state index contributed by atoms with van der Waals surface area (Å²) in [5.41, 5.74) is 1.62. The van der Waals surface area contributed by atoms with Crippen molar-refractivity contribution in [3.63, 3.8) is 0 Å². The molecule has 1 aromatic carbocycles. The Hall–Kier alpha value is 0.130. The molecule has 0 bridgehead atoms. The third-order valence-corrected chi connectivity index (χ3v) is 4.90. The summed E-state index contributed by atoms with van der Waals surface area (Å²) >= 11 is 14.3. The molecule has 2 rings (SSSR count). The summed E-state index contributed by atoms with van der Waals surface area (Å²) in [6.45, 7) is 0. The number of hydrogen-bond donors (Lipinski definition) is 1. The summed E-state index contributed by atoms with van der Waals surface area (Å²) in [7, 11) is 0. The van der Waals surface area contributed by atoms with Crippen LogP contribution in [0.2, 0.25) is 5.02 Å². The summed E-state index contributed by atoms with van der Waals surface area (Å²) in [5.74, 6) is 0. The molecule has 5 heteroatoms. The Kier molecular flexibility index (Phi) is 4.08. The van der Waals surface area contributed by atoms with Crippen molar-refractivity contribution in [1.29, 1.82) is 0 Å². The van der Waals surface area contributed by atoms with Crippen LogP contribution in [0.3, 0.4) is 0 Å². The highest BCUT2D eigenvalue weighted by Crippen LogP contribution is 2.35. The van der Waals surface area contributed by atoms with E-state index < -0.39 is 6.10 Å². The maximum atomic E-state index is 10.3. The SMILES string of the molecule is OC(c1cscc1Br)c1cc(Cl)ccc1Br. The van der Waals surface area contributed by atoms with Gasteiger partial charge in [-0.1, -0.05) is 27.5 Å². The fourth-order valence-corrected chi connectivity index (χ4v) is 3.55. The van der Waals surface area contributed by atoms with Crippen molar-refractivity contribution in [1.82, 2.24) is 0 Å². The number of halogens is 3. The molecular formula is C11H7Br2ClOS. The Morgan fingerprint density at radius 2 is 1.88 bits per heavy atom. The maximum absolute atomic E-state index is 10.3. The molecule has 1 heterocycles. The first kappa shape index (κ1) is 12.6. The van der Waals surface area contributed by atoms with E-state index in [-0.39, 0.29) is 0 Å². The van der Waals surface area contributed by atoms with Gasteiger partial charge in [0.05, 0.1) is 0 Å². The molecule has 0 aliphatic rings. The molecule has 0 aliphatic heterocycles. The van der Waals surface area contributed by atoms with Crippen molar-refractivity contribution >= 4 is 54.8 Å². The lowest BCUT2D eigenvalue weighted by molar-refractivity contribution is 0.219. The van der Waals surface area contributed by atoms with E-state index in [0.717, 1.165) is 20.1 Å². The van der Waals surface area contributed by atoms with Crippen molar-refractivity contribution in [2.45, 2.75) is 6.10 Å². The molecule has 0 aliphatic carbocycles. The highest BCUT2D eigenvalue weighted by Gasteiger charge is 2.17. The second-order valence-corrected chi connectivity index (χ2v) is 6.13. The number of rotatable bonds is 2. The predicted molar refractivity (Wildman–Crippen MR) is 75.2 cm³/mol. The molecular weight excluding hydrogens is 375 g/mol. The van der Waals surface area contributed by atoms with E-state index in [4.69, 9.17) is 11.6 Å². The van der Waals surface area contributed by atoms with Crippen molar-refractivity contribution in [3.8, 4) is 0 Å². The molecule has 1 atom stereocenters. The molecule has 84 valence electrons. The van der Waals surface area contributed by atoms with Gasteiger partial charge in [-0.25, -0.2) is 0 Å². The van der Waals surface area contributed by atoms with E-state index in [2.05, 4.69) is 31.9 Å². The van der Waals surface area contributed by atoms with Crippen molar-refractivity contribution in [2.75, 3.05) is 0 Å². The molecule has 1 unspecified atom stereocenters. The topological polar surface area (TPSA) is 20.2 Å². The quantitative estimate of drug-likeness (QED) is 0.774. The van der Waals surface area contributed by atoms with Gasteiger partial charge in [-0.15, -0.1) is 0 Å². The molecule has 16 heavy (non-hydrogen) atoms. The van der Waals surface area contributed by atoms with E-state index >= 15 is 0 Å². The van der Waals surface area contributed by atoms with Gasteiger partial charge in [0.1, 0.15) is 6.10 Å². The van der Waals surface area contributed by atoms with Crippen LogP contribution >= 0.6 is 54.8 Å². The van der Waals surface area contributed by atoms with E-state index in [1.54, 1.807) is 23.5 Å². The molecule has 0 fully saturated rings. The summed E-state index contributed by atoms with van der Waals surface area (Å²) in [6.07, 6.45) is -0.673. The zero-order valence-electron chi connectivity index (χ0n) is 7.95. The second kappa shape index (κ2) is 5.19. The smallest absolute Gasteiger partial charge is 0.107 e. The summed E-state index contributed by atoms with van der Waals surface area (Å²) in [6, 6.07) is 5.38. The van der Waals surface area contributed by atoms with Crippen LogP contribution in [-0.4, -0.2) is 5.11 Å². The highest BCUT2D eigenvalue weighted by molar-refractivity contribution is 9.10. The fourth-order valence-electron chi connectivity index (χ4n) is 1.38. The standard InChI is InChI=1S/C11H7Br2ClOS/c12-9-2-1-6(14)3-7(9)11(15)8-4-16-5-10(8)13/h1-5,11,15H. The minimum absolute atomic E-state index is 0.614. The summed E-state index contributed by atoms with van der Waals surface area (Å²) in [5, 5.41) is 14.7. The molecule has 0 radical (unpaired) electrons. The first-order valence-corrected chi connectivity index (χ1v) is 7.35. The van der Waals surface area contributed by atoms with Crippen molar-refractivity contribution in [3.05, 3.63) is 54.1 Å². The summed E-state index contributed by atoms with van der Waals surface area (Å²) < 4.78 is 1.76. The Morgan fingerprint density at radius 3 is 2.50 bits per heavy atom. The van der Waals surface area contributed by atoms with Gasteiger partial charge < -0.3 is 5.11 Å². The van der Waals surface area contributed by atoms with Crippen LogP contribution in [0.4, 0.5) is 0 Å². The van der Waals surface area contributed by atoms with E-state index in [9.17, 15) is 5.11 Å². The molecule has 0 saturated carbocycles. The lowest BCUT2D eigenvalue weighted by atomic mass is 10.0. The lowest BCUT2D eigenvalue weighted by Gasteiger charge is -2.12. The van der Waals surface area contributed by atoms with Crippen LogP contribution in [0.1, 0.15) is 17.2 Å². The van der Waals surface area contributed by atoms with Gasteiger partial charge in [0.2, 0.25) is 0 Å². The average Bonchev–Trinajstić information content (AvgIpc) is 2.67.